The molecule has 0 N–H and O–H groups in total. The lowest BCUT2D eigenvalue weighted by molar-refractivity contribution is -0.384. The molecule has 164 valence electrons. The number of rotatable bonds is 6. The first-order valence-corrected chi connectivity index (χ1v) is 9.59. The van der Waals surface area contributed by atoms with E-state index in [0.29, 0.717) is 26.2 Å². The number of piperazine rings is 1. The molecule has 1 amide bonds. The number of ether oxygens (including phenoxy) is 1. The van der Waals surface area contributed by atoms with Gasteiger partial charge < -0.3 is 9.64 Å². The summed E-state index contributed by atoms with van der Waals surface area (Å²) in [6.07, 6.45) is 4.16. The summed E-state index contributed by atoms with van der Waals surface area (Å²) >= 11 is 0. The second-order valence-corrected chi connectivity index (χ2v) is 6.92. The lowest BCUT2D eigenvalue weighted by Crippen LogP contribution is -2.48. The summed E-state index contributed by atoms with van der Waals surface area (Å²) in [5.74, 6) is -1.05. The molecule has 0 spiro atoms. The molecule has 31 heavy (non-hydrogen) atoms. The number of hydrogen-bond acceptors (Lipinski definition) is 6. The quantitative estimate of drug-likeness (QED) is 0.385. The number of amides is 1. The average Bonchev–Trinajstić information content (AvgIpc) is 2.79. The van der Waals surface area contributed by atoms with E-state index in [0.717, 1.165) is 18.2 Å². The van der Waals surface area contributed by atoms with E-state index in [9.17, 15) is 19.7 Å². The SMILES string of the molecule is COC(=O)c1cc(C(=O)N2CCN(CC=Cc3ccccc3)CC2)cc([N+](=O)[O-])c1.Cl. The molecule has 3 rings (SSSR count). The van der Waals surface area contributed by atoms with Gasteiger partial charge in [0.05, 0.1) is 17.6 Å². The Labute approximate surface area is 186 Å². The van der Waals surface area contributed by atoms with Crippen LogP contribution in [0, 0.1) is 10.1 Å². The van der Waals surface area contributed by atoms with E-state index >= 15 is 0 Å². The van der Waals surface area contributed by atoms with Gasteiger partial charge in [-0.15, -0.1) is 12.4 Å². The van der Waals surface area contributed by atoms with Gasteiger partial charge in [0.2, 0.25) is 0 Å². The summed E-state index contributed by atoms with van der Waals surface area (Å²) in [6.45, 7) is 3.19. The van der Waals surface area contributed by atoms with Crippen LogP contribution in [0.3, 0.4) is 0 Å². The van der Waals surface area contributed by atoms with Crippen molar-refractivity contribution in [2.45, 2.75) is 0 Å². The van der Waals surface area contributed by atoms with E-state index in [-0.39, 0.29) is 35.1 Å². The van der Waals surface area contributed by atoms with Crippen LogP contribution < -0.4 is 0 Å². The highest BCUT2D eigenvalue weighted by molar-refractivity contribution is 5.99. The topological polar surface area (TPSA) is 93.0 Å². The number of halogens is 1. The summed E-state index contributed by atoms with van der Waals surface area (Å²) in [5, 5.41) is 11.2. The maximum atomic E-state index is 12.9. The Morgan fingerprint density at radius 2 is 1.71 bits per heavy atom. The van der Waals surface area contributed by atoms with Crippen LogP contribution in [0.1, 0.15) is 26.3 Å². The van der Waals surface area contributed by atoms with Crippen LogP contribution in [0.4, 0.5) is 5.69 Å². The molecule has 0 aromatic heterocycles. The smallest absolute Gasteiger partial charge is 0.338 e. The number of nitro groups is 1. The predicted molar refractivity (Wildman–Crippen MR) is 120 cm³/mol. The average molecular weight is 446 g/mol. The van der Waals surface area contributed by atoms with Gasteiger partial charge in [0.25, 0.3) is 11.6 Å². The minimum Gasteiger partial charge on any atom is -0.465 e. The lowest BCUT2D eigenvalue weighted by Gasteiger charge is -2.34. The Morgan fingerprint density at radius 3 is 2.32 bits per heavy atom. The molecule has 8 nitrogen and oxygen atoms in total. The minimum absolute atomic E-state index is 0. The van der Waals surface area contributed by atoms with Crippen LogP contribution in [-0.4, -0.2) is 66.4 Å². The normalized spacial score (nSPS) is 14.2. The number of non-ortho nitro benzene ring substituents is 1. The standard InChI is InChI=1S/C22H23N3O5.ClH/c1-30-22(27)19-14-18(15-20(16-19)25(28)29)21(26)24-12-10-23(11-13-24)9-5-8-17-6-3-2-4-7-17;/h2-8,14-16H,9-13H2,1H3;1H. The fourth-order valence-corrected chi connectivity index (χ4v) is 3.29. The zero-order chi connectivity index (χ0) is 21.5. The maximum Gasteiger partial charge on any atom is 0.338 e. The van der Waals surface area contributed by atoms with Crippen LogP contribution in [0.2, 0.25) is 0 Å². The number of benzene rings is 2. The van der Waals surface area contributed by atoms with Crippen molar-refractivity contribution >= 4 is 36.0 Å². The zero-order valence-electron chi connectivity index (χ0n) is 17.1. The first-order valence-electron chi connectivity index (χ1n) is 9.59. The second-order valence-electron chi connectivity index (χ2n) is 6.92. The Bertz CT molecular complexity index is 957. The predicted octanol–water partition coefficient (Wildman–Crippen LogP) is 3.27. The van der Waals surface area contributed by atoms with Gasteiger partial charge in [-0.05, 0) is 11.6 Å². The zero-order valence-corrected chi connectivity index (χ0v) is 17.9. The van der Waals surface area contributed by atoms with Gasteiger partial charge in [-0.1, -0.05) is 42.5 Å². The minimum atomic E-state index is -0.720. The molecule has 2 aromatic carbocycles. The van der Waals surface area contributed by atoms with Gasteiger partial charge in [0, 0.05) is 50.4 Å². The largest absolute Gasteiger partial charge is 0.465 e. The molecule has 1 aliphatic heterocycles. The summed E-state index contributed by atoms with van der Waals surface area (Å²) in [4.78, 5) is 39.1. The molecule has 0 radical (unpaired) electrons. The summed E-state index contributed by atoms with van der Waals surface area (Å²) in [6, 6.07) is 13.7. The van der Waals surface area contributed by atoms with E-state index < -0.39 is 10.9 Å². The van der Waals surface area contributed by atoms with Crippen LogP contribution in [0.15, 0.2) is 54.6 Å². The Balaban J connectivity index is 0.00000341. The van der Waals surface area contributed by atoms with Crippen LogP contribution >= 0.6 is 12.4 Å². The van der Waals surface area contributed by atoms with E-state index in [4.69, 9.17) is 0 Å². The van der Waals surface area contributed by atoms with E-state index in [2.05, 4.69) is 21.8 Å². The molecule has 0 unspecified atom stereocenters. The summed E-state index contributed by atoms with van der Waals surface area (Å²) in [5.41, 5.74) is 0.922. The number of esters is 1. The number of carbonyl (C=O) groups is 2. The summed E-state index contributed by atoms with van der Waals surface area (Å²) in [7, 11) is 1.19. The number of hydrogen-bond donors (Lipinski definition) is 0. The number of nitro benzene ring substituents is 1. The molecule has 0 aliphatic carbocycles. The number of nitrogens with zero attached hydrogens (tertiary/aromatic N) is 3. The third-order valence-electron chi connectivity index (χ3n) is 4.93. The maximum absolute atomic E-state index is 12.9. The molecule has 1 fully saturated rings. The van der Waals surface area contributed by atoms with Crippen molar-refractivity contribution in [3.05, 3.63) is 81.4 Å². The molecular weight excluding hydrogens is 422 g/mol. The van der Waals surface area contributed by atoms with Crippen LogP contribution in [-0.2, 0) is 4.74 Å². The fourth-order valence-electron chi connectivity index (χ4n) is 3.29. The Kier molecular flexibility index (Phi) is 8.72. The third-order valence-corrected chi connectivity index (χ3v) is 4.93. The first-order chi connectivity index (χ1) is 14.5. The van der Waals surface area contributed by atoms with Gasteiger partial charge in [-0.25, -0.2) is 4.79 Å². The van der Waals surface area contributed by atoms with E-state index in [1.54, 1.807) is 4.90 Å². The second kappa shape index (κ2) is 11.2. The molecule has 0 bridgehead atoms. The molecule has 2 aromatic rings. The first kappa shape index (κ1) is 24.0. The van der Waals surface area contributed by atoms with Crippen molar-refractivity contribution < 1.29 is 19.2 Å². The van der Waals surface area contributed by atoms with Crippen LogP contribution in [0.25, 0.3) is 6.08 Å². The molecule has 0 saturated carbocycles. The van der Waals surface area contributed by atoms with Crippen molar-refractivity contribution in [2.75, 3.05) is 39.8 Å². The Hall–Kier alpha value is -3.23. The molecular formula is C22H24ClN3O5. The highest BCUT2D eigenvalue weighted by atomic mass is 35.5. The van der Waals surface area contributed by atoms with Crippen molar-refractivity contribution in [3.63, 3.8) is 0 Å². The van der Waals surface area contributed by atoms with Crippen molar-refractivity contribution in [2.24, 2.45) is 0 Å². The summed E-state index contributed by atoms with van der Waals surface area (Å²) < 4.78 is 4.64. The van der Waals surface area contributed by atoms with Crippen LogP contribution in [0.5, 0.6) is 0 Å². The number of methoxy groups -OCH3 is 1. The van der Waals surface area contributed by atoms with Crippen molar-refractivity contribution in [3.8, 4) is 0 Å². The van der Waals surface area contributed by atoms with Gasteiger partial charge in [0.15, 0.2) is 0 Å². The molecule has 0 atom stereocenters. The lowest BCUT2D eigenvalue weighted by atomic mass is 10.1. The third kappa shape index (κ3) is 6.37. The van der Waals surface area contributed by atoms with Crippen molar-refractivity contribution in [1.82, 2.24) is 9.80 Å². The fraction of sp³-hybridized carbons (Fsp3) is 0.273. The molecule has 1 heterocycles. The van der Waals surface area contributed by atoms with E-state index in [1.165, 1.54) is 19.2 Å². The highest BCUT2D eigenvalue weighted by Gasteiger charge is 2.24. The number of carbonyl (C=O) groups excluding carboxylic acids is 2. The van der Waals surface area contributed by atoms with Gasteiger partial charge in [-0.3, -0.25) is 19.8 Å². The van der Waals surface area contributed by atoms with Gasteiger partial charge in [-0.2, -0.15) is 0 Å². The Morgan fingerprint density at radius 1 is 1.06 bits per heavy atom. The molecule has 9 heteroatoms. The highest BCUT2D eigenvalue weighted by Crippen LogP contribution is 2.20. The van der Waals surface area contributed by atoms with Crippen molar-refractivity contribution in [1.29, 1.82) is 0 Å². The molecule has 1 saturated heterocycles. The monoisotopic (exact) mass is 445 g/mol. The van der Waals surface area contributed by atoms with E-state index in [1.807, 2.05) is 30.3 Å². The van der Waals surface area contributed by atoms with Gasteiger partial charge >= 0.3 is 5.97 Å². The molecule has 1 aliphatic rings. The van der Waals surface area contributed by atoms with Gasteiger partial charge in [0.1, 0.15) is 0 Å².